The van der Waals surface area contributed by atoms with E-state index in [1.807, 2.05) is 48.5 Å². The Labute approximate surface area is 288 Å². The third kappa shape index (κ3) is 5.95. The molecule has 4 aliphatic carbocycles. The third-order valence-corrected chi connectivity index (χ3v) is 11.2. The molecule has 0 radical (unpaired) electrons. The molecule has 4 nitrogen and oxygen atoms in total. The van der Waals surface area contributed by atoms with Gasteiger partial charge in [-0.05, 0) is 120 Å². The first-order valence-electron chi connectivity index (χ1n) is 17.8. The second kappa shape index (κ2) is 12.6. The number of hydrogen-bond acceptors (Lipinski definition) is 4. The summed E-state index contributed by atoms with van der Waals surface area (Å²) in [4.78, 5) is 15.1. The van der Waals surface area contributed by atoms with E-state index in [1.165, 1.54) is 59.9 Å². The SMILES string of the molecule is N#Cc1ccc(-c2ccc3c(c2)CC2CC4CC(Cc5cc(-c6nc(-c7ccccc7)nc(-c7ccccc7)n6)ccc5-3)CC(C2)C4)cc1. The van der Waals surface area contributed by atoms with Gasteiger partial charge in [0.05, 0.1) is 11.6 Å². The lowest BCUT2D eigenvalue weighted by Gasteiger charge is -2.42. The van der Waals surface area contributed by atoms with Crippen molar-refractivity contribution >= 4 is 0 Å². The molecule has 2 atom stereocenters. The van der Waals surface area contributed by atoms with Crippen molar-refractivity contribution in [2.24, 2.45) is 23.7 Å². The summed E-state index contributed by atoms with van der Waals surface area (Å²) in [6.07, 6.45) is 8.99. The number of nitriles is 1. The summed E-state index contributed by atoms with van der Waals surface area (Å²) in [6.45, 7) is 0. The van der Waals surface area contributed by atoms with Gasteiger partial charge in [-0.1, -0.05) is 103 Å². The zero-order valence-electron chi connectivity index (χ0n) is 27.6. The van der Waals surface area contributed by atoms with Crippen LogP contribution in [-0.4, -0.2) is 15.0 Å². The molecule has 0 saturated heterocycles. The maximum atomic E-state index is 9.35. The van der Waals surface area contributed by atoms with Crippen LogP contribution < -0.4 is 0 Å². The Kier molecular flexibility index (Phi) is 7.62. The van der Waals surface area contributed by atoms with Crippen LogP contribution >= 0.6 is 0 Å². The minimum absolute atomic E-state index is 0.691. The molecule has 1 aromatic heterocycles. The van der Waals surface area contributed by atoms with E-state index in [1.54, 1.807) is 0 Å². The minimum Gasteiger partial charge on any atom is -0.208 e. The largest absolute Gasteiger partial charge is 0.208 e. The topological polar surface area (TPSA) is 62.5 Å². The quantitative estimate of drug-likeness (QED) is 0.194. The highest BCUT2D eigenvalue weighted by Gasteiger charge is 2.37. The van der Waals surface area contributed by atoms with Crippen LogP contribution in [0.2, 0.25) is 0 Å². The normalized spacial score (nSPS) is 20.9. The summed E-state index contributed by atoms with van der Waals surface area (Å²) in [5.74, 6) is 5.21. The van der Waals surface area contributed by atoms with Gasteiger partial charge in [0.15, 0.2) is 17.5 Å². The van der Waals surface area contributed by atoms with Gasteiger partial charge in [-0.15, -0.1) is 0 Å². The number of rotatable bonds is 4. The van der Waals surface area contributed by atoms with E-state index >= 15 is 0 Å². The second-order valence-corrected chi connectivity index (χ2v) is 14.5. The maximum absolute atomic E-state index is 9.35. The molecule has 49 heavy (non-hydrogen) atoms. The summed E-state index contributed by atoms with van der Waals surface area (Å²) in [5.41, 5.74) is 11.6. The van der Waals surface area contributed by atoms with Crippen molar-refractivity contribution in [3.8, 4) is 62.5 Å². The number of benzene rings is 5. The lowest BCUT2D eigenvalue weighted by Crippen LogP contribution is -2.32. The molecule has 4 aliphatic rings. The molecular formula is C45H38N4. The molecule has 2 fully saturated rings. The molecule has 2 saturated carbocycles. The summed E-state index contributed by atoms with van der Waals surface area (Å²) in [5, 5.41) is 9.35. The van der Waals surface area contributed by atoms with Crippen LogP contribution in [0.25, 0.3) is 56.4 Å². The zero-order valence-corrected chi connectivity index (χ0v) is 27.6. The molecule has 0 aliphatic heterocycles. The van der Waals surface area contributed by atoms with Crippen molar-refractivity contribution in [1.29, 1.82) is 5.26 Å². The Morgan fingerprint density at radius 1 is 0.429 bits per heavy atom. The van der Waals surface area contributed by atoms with E-state index in [4.69, 9.17) is 15.0 Å². The first-order valence-corrected chi connectivity index (χ1v) is 17.8. The predicted molar refractivity (Wildman–Crippen MR) is 196 cm³/mol. The van der Waals surface area contributed by atoms with Crippen LogP contribution in [0.5, 0.6) is 0 Å². The van der Waals surface area contributed by atoms with Crippen molar-refractivity contribution < 1.29 is 0 Å². The van der Waals surface area contributed by atoms with Crippen LogP contribution in [0.4, 0.5) is 0 Å². The van der Waals surface area contributed by atoms with Gasteiger partial charge in [0.25, 0.3) is 0 Å². The molecule has 0 spiro atoms. The summed E-state index contributed by atoms with van der Waals surface area (Å²) in [7, 11) is 0. The Bertz CT molecular complexity index is 2110. The van der Waals surface area contributed by atoms with Gasteiger partial charge >= 0.3 is 0 Å². The highest BCUT2D eigenvalue weighted by Crippen LogP contribution is 2.49. The molecule has 6 aromatic rings. The lowest BCUT2D eigenvalue weighted by molar-refractivity contribution is 0.0973. The monoisotopic (exact) mass is 634 g/mol. The fourth-order valence-corrected chi connectivity index (χ4v) is 9.13. The Hall–Kier alpha value is -5.40. The van der Waals surface area contributed by atoms with Crippen LogP contribution in [-0.2, 0) is 12.8 Å². The molecule has 0 amide bonds. The Morgan fingerprint density at radius 3 is 1.37 bits per heavy atom. The van der Waals surface area contributed by atoms with E-state index in [2.05, 4.69) is 78.9 Å². The lowest BCUT2D eigenvalue weighted by atomic mass is 9.63. The van der Waals surface area contributed by atoms with E-state index in [-0.39, 0.29) is 0 Å². The molecule has 2 unspecified atom stereocenters. The predicted octanol–water partition coefficient (Wildman–Crippen LogP) is 10.6. The van der Waals surface area contributed by atoms with Crippen molar-refractivity contribution in [2.45, 2.75) is 44.9 Å². The first kappa shape index (κ1) is 29.7. The van der Waals surface area contributed by atoms with E-state index in [9.17, 15) is 5.26 Å². The summed E-state index contributed by atoms with van der Waals surface area (Å²) >= 11 is 0. The first-order chi connectivity index (χ1) is 24.1. The van der Waals surface area contributed by atoms with Crippen molar-refractivity contribution in [1.82, 2.24) is 15.0 Å². The Morgan fingerprint density at radius 2 is 0.857 bits per heavy atom. The van der Waals surface area contributed by atoms with Gasteiger partial charge in [-0.2, -0.15) is 5.26 Å². The standard InChI is InChI=1S/C45H38N4/c46-28-29-11-13-34(14-12-29)37-15-17-41-39(26-37)24-32-20-30-19-31(21-32)23-33(22-30)25-40-27-38(16-18-42(40)41)45-48-43(35-7-3-1-4-8-35)47-44(49-45)36-9-5-2-6-10-36/h1-18,26-27,30-33H,19-25H2. The molecule has 5 aromatic carbocycles. The summed E-state index contributed by atoms with van der Waals surface area (Å²) in [6, 6.07) is 44.7. The van der Waals surface area contributed by atoms with Gasteiger partial charge in [-0.25, -0.2) is 15.0 Å². The van der Waals surface area contributed by atoms with E-state index in [0.717, 1.165) is 52.8 Å². The van der Waals surface area contributed by atoms with Gasteiger partial charge < -0.3 is 0 Å². The van der Waals surface area contributed by atoms with Crippen molar-refractivity contribution in [3.63, 3.8) is 0 Å². The molecule has 0 N–H and O–H groups in total. The smallest absolute Gasteiger partial charge is 0.164 e. The van der Waals surface area contributed by atoms with Crippen LogP contribution in [0.3, 0.4) is 0 Å². The number of hydrogen-bond donors (Lipinski definition) is 0. The minimum atomic E-state index is 0.691. The summed E-state index contributed by atoms with van der Waals surface area (Å²) < 4.78 is 0. The highest BCUT2D eigenvalue weighted by molar-refractivity contribution is 5.78. The molecule has 238 valence electrons. The fourth-order valence-electron chi connectivity index (χ4n) is 9.13. The zero-order chi connectivity index (χ0) is 32.7. The van der Waals surface area contributed by atoms with Crippen LogP contribution in [0.15, 0.2) is 121 Å². The number of aromatic nitrogens is 3. The van der Waals surface area contributed by atoms with Gasteiger partial charge in [0.1, 0.15) is 0 Å². The maximum Gasteiger partial charge on any atom is 0.164 e. The van der Waals surface area contributed by atoms with E-state index in [0.29, 0.717) is 29.0 Å². The molecule has 10 rings (SSSR count). The van der Waals surface area contributed by atoms with Crippen molar-refractivity contribution in [3.05, 3.63) is 138 Å². The van der Waals surface area contributed by atoms with Gasteiger partial charge in [0.2, 0.25) is 0 Å². The average molecular weight is 635 g/mol. The van der Waals surface area contributed by atoms with Gasteiger partial charge in [-0.3, -0.25) is 0 Å². The fraction of sp³-hybridized carbons (Fsp3) is 0.244. The Balaban J connectivity index is 1.19. The molecule has 4 heteroatoms. The number of nitrogens with zero attached hydrogens (tertiary/aromatic N) is 4. The van der Waals surface area contributed by atoms with E-state index < -0.39 is 0 Å². The molecule has 4 bridgehead atoms. The average Bonchev–Trinajstić information content (AvgIpc) is 3.17. The van der Waals surface area contributed by atoms with Crippen LogP contribution in [0.1, 0.15) is 48.8 Å². The molecule has 1 heterocycles. The van der Waals surface area contributed by atoms with Crippen LogP contribution in [0, 0.1) is 35.0 Å². The second-order valence-electron chi connectivity index (χ2n) is 14.5. The van der Waals surface area contributed by atoms with Crippen molar-refractivity contribution in [2.75, 3.05) is 0 Å². The molecular weight excluding hydrogens is 597 g/mol. The highest BCUT2D eigenvalue weighted by atomic mass is 15.0. The third-order valence-electron chi connectivity index (χ3n) is 11.2. The van der Waals surface area contributed by atoms with Gasteiger partial charge in [0, 0.05) is 16.7 Å².